The van der Waals surface area contributed by atoms with E-state index in [0.717, 1.165) is 23.2 Å². The van der Waals surface area contributed by atoms with E-state index < -0.39 is 0 Å². The Hall–Kier alpha value is -1.07. The van der Waals surface area contributed by atoms with Crippen molar-refractivity contribution in [3.8, 4) is 5.75 Å². The van der Waals surface area contributed by atoms with Gasteiger partial charge in [0.25, 0.3) is 5.91 Å². The molecule has 0 saturated carbocycles. The molecule has 1 heterocycles. The normalized spacial score (nSPS) is 22.3. The lowest BCUT2D eigenvalue weighted by atomic mass is 10.0. The second-order valence-electron chi connectivity index (χ2n) is 4.68. The van der Waals surface area contributed by atoms with E-state index in [2.05, 4.69) is 21.2 Å². The molecule has 0 bridgehead atoms. The van der Waals surface area contributed by atoms with Crippen LogP contribution in [0.5, 0.6) is 5.75 Å². The monoisotopic (exact) mass is 327 g/mol. The van der Waals surface area contributed by atoms with Crippen LogP contribution in [0.15, 0.2) is 22.7 Å². The van der Waals surface area contributed by atoms with Crippen LogP contribution in [0, 0.1) is 5.92 Å². The van der Waals surface area contributed by atoms with Gasteiger partial charge < -0.3 is 14.8 Å². The summed E-state index contributed by atoms with van der Waals surface area (Å²) in [6.45, 7) is 3.49. The summed E-state index contributed by atoms with van der Waals surface area (Å²) >= 11 is 3.38. The summed E-state index contributed by atoms with van der Waals surface area (Å²) < 4.78 is 11.4. The van der Waals surface area contributed by atoms with Gasteiger partial charge in [0.1, 0.15) is 5.75 Å². The van der Waals surface area contributed by atoms with E-state index >= 15 is 0 Å². The van der Waals surface area contributed by atoms with Crippen LogP contribution in [0.1, 0.15) is 23.7 Å². The molecule has 1 aliphatic heterocycles. The molecule has 19 heavy (non-hydrogen) atoms. The Balaban J connectivity index is 1.94. The molecule has 2 rings (SSSR count). The van der Waals surface area contributed by atoms with Crippen LogP contribution in [-0.2, 0) is 4.74 Å². The van der Waals surface area contributed by atoms with Crippen molar-refractivity contribution < 1.29 is 14.3 Å². The van der Waals surface area contributed by atoms with Crippen molar-refractivity contribution in [1.82, 2.24) is 5.32 Å². The van der Waals surface area contributed by atoms with Gasteiger partial charge in [0.15, 0.2) is 0 Å². The zero-order valence-electron chi connectivity index (χ0n) is 11.1. The summed E-state index contributed by atoms with van der Waals surface area (Å²) in [5.41, 5.74) is 0.624. The predicted molar refractivity (Wildman–Crippen MR) is 76.5 cm³/mol. The van der Waals surface area contributed by atoms with Crippen molar-refractivity contribution in [2.24, 2.45) is 5.92 Å². The van der Waals surface area contributed by atoms with Crippen molar-refractivity contribution in [3.63, 3.8) is 0 Å². The Morgan fingerprint density at radius 1 is 1.58 bits per heavy atom. The number of hydrogen-bond donors (Lipinski definition) is 1. The molecule has 1 aromatic carbocycles. The Kier molecular flexibility index (Phi) is 4.82. The number of methoxy groups -OCH3 is 1. The zero-order chi connectivity index (χ0) is 13.8. The quantitative estimate of drug-likeness (QED) is 0.924. The second kappa shape index (κ2) is 6.39. The molecule has 5 heteroatoms. The maximum absolute atomic E-state index is 12.0. The van der Waals surface area contributed by atoms with Gasteiger partial charge in [0, 0.05) is 24.6 Å². The van der Waals surface area contributed by atoms with E-state index in [1.165, 1.54) is 0 Å². The molecular formula is C14H18BrNO3. The van der Waals surface area contributed by atoms with Crippen molar-refractivity contribution in [1.29, 1.82) is 0 Å². The maximum Gasteiger partial charge on any atom is 0.251 e. The molecule has 2 atom stereocenters. The number of ether oxygens (including phenoxy) is 2. The number of halogens is 1. The Morgan fingerprint density at radius 2 is 2.37 bits per heavy atom. The number of carbonyl (C=O) groups is 1. The van der Waals surface area contributed by atoms with Crippen LogP contribution < -0.4 is 10.1 Å². The minimum atomic E-state index is -0.0672. The van der Waals surface area contributed by atoms with E-state index in [4.69, 9.17) is 9.47 Å². The maximum atomic E-state index is 12.0. The van der Waals surface area contributed by atoms with Crippen LogP contribution in [0.2, 0.25) is 0 Å². The number of benzene rings is 1. The Morgan fingerprint density at radius 3 is 2.95 bits per heavy atom. The number of rotatable bonds is 4. The summed E-state index contributed by atoms with van der Waals surface area (Å²) in [5, 5.41) is 2.96. The van der Waals surface area contributed by atoms with Crippen LogP contribution in [0.4, 0.5) is 0 Å². The van der Waals surface area contributed by atoms with Crippen molar-refractivity contribution in [2.45, 2.75) is 19.4 Å². The van der Waals surface area contributed by atoms with Gasteiger partial charge in [0.05, 0.1) is 17.7 Å². The molecule has 1 aliphatic rings. The molecular weight excluding hydrogens is 310 g/mol. The van der Waals surface area contributed by atoms with Crippen LogP contribution in [-0.4, -0.2) is 32.3 Å². The van der Waals surface area contributed by atoms with Gasteiger partial charge in [-0.1, -0.05) is 0 Å². The van der Waals surface area contributed by atoms with Crippen LogP contribution in [0.3, 0.4) is 0 Å². The fourth-order valence-corrected chi connectivity index (χ4v) is 2.72. The molecule has 4 nitrogen and oxygen atoms in total. The standard InChI is InChI=1S/C14H18BrNO3/c1-9-11(5-6-19-9)8-16-14(17)10-3-4-13(18-2)12(15)7-10/h3-4,7,9,11H,5-6,8H2,1-2H3,(H,16,17). The number of carbonyl (C=O) groups excluding carboxylic acids is 1. The average molecular weight is 328 g/mol. The van der Waals surface area contributed by atoms with Crippen LogP contribution in [0.25, 0.3) is 0 Å². The fourth-order valence-electron chi connectivity index (χ4n) is 2.18. The highest BCUT2D eigenvalue weighted by molar-refractivity contribution is 9.10. The first kappa shape index (κ1) is 14.3. The van der Waals surface area contributed by atoms with E-state index in [9.17, 15) is 4.79 Å². The lowest BCUT2D eigenvalue weighted by Gasteiger charge is -2.15. The molecule has 104 valence electrons. The summed E-state index contributed by atoms with van der Waals surface area (Å²) in [7, 11) is 1.60. The molecule has 0 radical (unpaired) electrons. The van der Waals surface area contributed by atoms with E-state index in [1.807, 2.05) is 6.92 Å². The molecule has 1 saturated heterocycles. The van der Waals surface area contributed by atoms with Gasteiger partial charge in [-0.3, -0.25) is 4.79 Å². The van der Waals surface area contributed by atoms with Gasteiger partial charge in [-0.15, -0.1) is 0 Å². The SMILES string of the molecule is COc1ccc(C(=O)NCC2CCOC2C)cc1Br. The third kappa shape index (κ3) is 3.48. The number of nitrogens with one attached hydrogen (secondary N) is 1. The molecule has 1 fully saturated rings. The van der Waals surface area contributed by atoms with E-state index in [-0.39, 0.29) is 12.0 Å². The first-order valence-corrected chi connectivity index (χ1v) is 7.14. The fraction of sp³-hybridized carbons (Fsp3) is 0.500. The lowest BCUT2D eigenvalue weighted by molar-refractivity contribution is 0.0907. The third-order valence-electron chi connectivity index (χ3n) is 3.47. The van der Waals surface area contributed by atoms with Gasteiger partial charge in [0.2, 0.25) is 0 Å². The summed E-state index contributed by atoms with van der Waals surface area (Å²) in [4.78, 5) is 12.0. The van der Waals surface area contributed by atoms with Gasteiger partial charge in [-0.25, -0.2) is 0 Å². The minimum absolute atomic E-state index is 0.0672. The first-order valence-electron chi connectivity index (χ1n) is 6.35. The zero-order valence-corrected chi connectivity index (χ0v) is 12.7. The first-order chi connectivity index (χ1) is 9.11. The molecule has 0 aromatic heterocycles. The van der Waals surface area contributed by atoms with Crippen molar-refractivity contribution in [3.05, 3.63) is 28.2 Å². The smallest absolute Gasteiger partial charge is 0.251 e. The highest BCUT2D eigenvalue weighted by Crippen LogP contribution is 2.25. The second-order valence-corrected chi connectivity index (χ2v) is 5.54. The largest absolute Gasteiger partial charge is 0.496 e. The van der Waals surface area contributed by atoms with Crippen molar-refractivity contribution in [2.75, 3.05) is 20.3 Å². The molecule has 1 aromatic rings. The molecule has 2 unspecified atom stereocenters. The number of hydrogen-bond acceptors (Lipinski definition) is 3. The topological polar surface area (TPSA) is 47.6 Å². The molecule has 0 spiro atoms. The summed E-state index contributed by atoms with van der Waals surface area (Å²) in [6.07, 6.45) is 1.23. The molecule has 0 aliphatic carbocycles. The van der Waals surface area contributed by atoms with Gasteiger partial charge in [-0.2, -0.15) is 0 Å². The van der Waals surface area contributed by atoms with Gasteiger partial charge >= 0.3 is 0 Å². The lowest BCUT2D eigenvalue weighted by Crippen LogP contribution is -2.31. The molecule has 1 amide bonds. The summed E-state index contributed by atoms with van der Waals surface area (Å²) in [5.74, 6) is 1.06. The van der Waals surface area contributed by atoms with E-state index in [1.54, 1.807) is 25.3 Å². The van der Waals surface area contributed by atoms with Crippen molar-refractivity contribution >= 4 is 21.8 Å². The molecule has 1 N–H and O–H groups in total. The van der Waals surface area contributed by atoms with Gasteiger partial charge in [-0.05, 0) is 47.5 Å². The third-order valence-corrected chi connectivity index (χ3v) is 4.09. The predicted octanol–water partition coefficient (Wildman–Crippen LogP) is 2.61. The number of amides is 1. The minimum Gasteiger partial charge on any atom is -0.496 e. The Bertz CT molecular complexity index is 464. The Labute approximate surface area is 121 Å². The summed E-state index contributed by atoms with van der Waals surface area (Å²) in [6, 6.07) is 5.30. The highest BCUT2D eigenvalue weighted by atomic mass is 79.9. The highest BCUT2D eigenvalue weighted by Gasteiger charge is 2.24. The van der Waals surface area contributed by atoms with Crippen LogP contribution >= 0.6 is 15.9 Å². The van der Waals surface area contributed by atoms with E-state index in [0.29, 0.717) is 18.0 Å². The average Bonchev–Trinajstić information content (AvgIpc) is 2.81.